The first-order valence-corrected chi connectivity index (χ1v) is 5.32. The van der Waals surface area contributed by atoms with Crippen LogP contribution in [0.1, 0.15) is 11.1 Å². The standard InChI is InChI=1S/C15H12O2/c16-12-17-15-9-5-4-8-14(15)11-10-13-6-2-1-3-7-13/h1-12H. The van der Waals surface area contributed by atoms with Gasteiger partial charge < -0.3 is 4.74 Å². The van der Waals surface area contributed by atoms with Crippen LogP contribution in [0, 0.1) is 0 Å². The molecule has 0 aromatic heterocycles. The maximum Gasteiger partial charge on any atom is 0.298 e. The average molecular weight is 224 g/mol. The minimum atomic E-state index is 0.440. The number of benzene rings is 2. The highest BCUT2D eigenvalue weighted by Gasteiger charge is 1.97. The van der Waals surface area contributed by atoms with Gasteiger partial charge >= 0.3 is 0 Å². The minimum Gasteiger partial charge on any atom is -0.428 e. The smallest absolute Gasteiger partial charge is 0.298 e. The molecule has 2 rings (SSSR count). The minimum absolute atomic E-state index is 0.440. The van der Waals surface area contributed by atoms with Crippen LogP contribution in [-0.4, -0.2) is 6.47 Å². The highest BCUT2D eigenvalue weighted by atomic mass is 16.5. The SMILES string of the molecule is O=COc1ccccc1C=Cc1ccccc1. The van der Waals surface area contributed by atoms with E-state index in [9.17, 15) is 4.79 Å². The maximum atomic E-state index is 10.4. The number of carbonyl (C=O) groups is 1. The van der Waals surface area contributed by atoms with E-state index < -0.39 is 0 Å². The zero-order chi connectivity index (χ0) is 11.9. The first-order chi connectivity index (χ1) is 8.40. The summed E-state index contributed by atoms with van der Waals surface area (Å²) in [5.41, 5.74) is 1.98. The normalized spacial score (nSPS) is 10.4. The molecule has 0 saturated carbocycles. The molecule has 0 aliphatic heterocycles. The van der Waals surface area contributed by atoms with Gasteiger partial charge in [-0.1, -0.05) is 60.7 Å². The van der Waals surface area contributed by atoms with Gasteiger partial charge in [0, 0.05) is 5.56 Å². The van der Waals surface area contributed by atoms with Crippen LogP contribution in [0.15, 0.2) is 54.6 Å². The number of hydrogen-bond donors (Lipinski definition) is 0. The lowest BCUT2D eigenvalue weighted by Crippen LogP contribution is -1.90. The molecule has 2 nitrogen and oxygen atoms in total. The number of carbonyl (C=O) groups excluding carboxylic acids is 1. The molecule has 2 aromatic carbocycles. The highest BCUT2D eigenvalue weighted by molar-refractivity contribution is 5.73. The van der Waals surface area contributed by atoms with Crippen molar-refractivity contribution >= 4 is 18.6 Å². The molecule has 0 heterocycles. The molecular formula is C15H12O2. The summed E-state index contributed by atoms with van der Waals surface area (Å²) in [5, 5.41) is 0. The van der Waals surface area contributed by atoms with Crippen molar-refractivity contribution in [3.05, 3.63) is 65.7 Å². The van der Waals surface area contributed by atoms with Crippen LogP contribution < -0.4 is 4.74 Å². The Morgan fingerprint density at radius 2 is 1.53 bits per heavy atom. The van der Waals surface area contributed by atoms with Crippen molar-refractivity contribution in [3.8, 4) is 5.75 Å². The molecule has 0 saturated heterocycles. The van der Waals surface area contributed by atoms with Crippen LogP contribution >= 0.6 is 0 Å². The lowest BCUT2D eigenvalue weighted by Gasteiger charge is -2.01. The molecule has 0 unspecified atom stereocenters. The number of hydrogen-bond acceptors (Lipinski definition) is 2. The molecule has 17 heavy (non-hydrogen) atoms. The van der Waals surface area contributed by atoms with E-state index in [4.69, 9.17) is 4.74 Å². The fourth-order valence-electron chi connectivity index (χ4n) is 1.53. The van der Waals surface area contributed by atoms with Crippen molar-refractivity contribution in [2.75, 3.05) is 0 Å². The third kappa shape index (κ3) is 3.05. The van der Waals surface area contributed by atoms with E-state index in [0.29, 0.717) is 12.2 Å². The second-order valence-corrected chi connectivity index (χ2v) is 3.50. The van der Waals surface area contributed by atoms with Crippen molar-refractivity contribution in [2.24, 2.45) is 0 Å². The first kappa shape index (κ1) is 11.1. The van der Waals surface area contributed by atoms with Gasteiger partial charge in [0.05, 0.1) is 0 Å². The molecule has 0 spiro atoms. The first-order valence-electron chi connectivity index (χ1n) is 5.32. The van der Waals surface area contributed by atoms with E-state index in [1.54, 1.807) is 6.07 Å². The predicted octanol–water partition coefficient (Wildman–Crippen LogP) is 3.39. The largest absolute Gasteiger partial charge is 0.428 e. The molecule has 84 valence electrons. The molecular weight excluding hydrogens is 212 g/mol. The Morgan fingerprint density at radius 1 is 0.824 bits per heavy atom. The van der Waals surface area contributed by atoms with Gasteiger partial charge in [-0.3, -0.25) is 4.79 Å². The van der Waals surface area contributed by atoms with Crippen molar-refractivity contribution in [2.45, 2.75) is 0 Å². The molecule has 0 bridgehead atoms. The third-order valence-electron chi connectivity index (χ3n) is 2.35. The van der Waals surface area contributed by atoms with Gasteiger partial charge in [0.25, 0.3) is 6.47 Å². The summed E-state index contributed by atoms with van der Waals surface area (Å²) in [6, 6.07) is 17.4. The Bertz CT molecular complexity index is 515. The molecule has 2 heteroatoms. The van der Waals surface area contributed by atoms with Crippen LogP contribution in [0.3, 0.4) is 0 Å². The Kier molecular flexibility index (Phi) is 3.71. The van der Waals surface area contributed by atoms with Crippen LogP contribution in [0.5, 0.6) is 5.75 Å². The van der Waals surface area contributed by atoms with Crippen LogP contribution in [0.4, 0.5) is 0 Å². The average Bonchev–Trinajstić information content (AvgIpc) is 2.39. The fraction of sp³-hybridized carbons (Fsp3) is 0. The van der Waals surface area contributed by atoms with E-state index >= 15 is 0 Å². The number of para-hydroxylation sites is 1. The van der Waals surface area contributed by atoms with Crippen LogP contribution in [-0.2, 0) is 4.79 Å². The van der Waals surface area contributed by atoms with E-state index in [0.717, 1.165) is 11.1 Å². The molecule has 0 aliphatic rings. The third-order valence-corrected chi connectivity index (χ3v) is 2.35. The Balaban J connectivity index is 2.24. The van der Waals surface area contributed by atoms with Crippen molar-refractivity contribution in [1.29, 1.82) is 0 Å². The Hall–Kier alpha value is -2.35. The fourth-order valence-corrected chi connectivity index (χ4v) is 1.53. The molecule has 2 aromatic rings. The van der Waals surface area contributed by atoms with Crippen molar-refractivity contribution in [1.82, 2.24) is 0 Å². The monoisotopic (exact) mass is 224 g/mol. The molecule has 0 N–H and O–H groups in total. The van der Waals surface area contributed by atoms with Gasteiger partial charge in [-0.05, 0) is 11.6 Å². The summed E-state index contributed by atoms with van der Waals surface area (Å²) in [6.45, 7) is 0.440. The summed E-state index contributed by atoms with van der Waals surface area (Å²) in [5.74, 6) is 0.565. The van der Waals surface area contributed by atoms with Crippen molar-refractivity contribution in [3.63, 3.8) is 0 Å². The summed E-state index contributed by atoms with van der Waals surface area (Å²) in [4.78, 5) is 10.4. The maximum absolute atomic E-state index is 10.4. The quantitative estimate of drug-likeness (QED) is 0.587. The Morgan fingerprint density at radius 3 is 2.29 bits per heavy atom. The lowest BCUT2D eigenvalue weighted by atomic mass is 10.1. The summed E-state index contributed by atoms with van der Waals surface area (Å²) in [7, 11) is 0. The van der Waals surface area contributed by atoms with Crippen LogP contribution in [0.2, 0.25) is 0 Å². The zero-order valence-corrected chi connectivity index (χ0v) is 9.24. The highest BCUT2D eigenvalue weighted by Crippen LogP contribution is 2.19. The van der Waals surface area contributed by atoms with Gasteiger partial charge in [0.2, 0.25) is 0 Å². The van der Waals surface area contributed by atoms with Crippen LogP contribution in [0.25, 0.3) is 12.2 Å². The van der Waals surface area contributed by atoms with Gasteiger partial charge in [-0.25, -0.2) is 0 Å². The second-order valence-electron chi connectivity index (χ2n) is 3.50. The Labute approximate surface area is 100 Å². The predicted molar refractivity (Wildman–Crippen MR) is 68.5 cm³/mol. The number of ether oxygens (including phenoxy) is 1. The van der Waals surface area contributed by atoms with Gasteiger partial charge in [-0.2, -0.15) is 0 Å². The second kappa shape index (κ2) is 5.66. The van der Waals surface area contributed by atoms with Gasteiger partial charge in [-0.15, -0.1) is 0 Å². The van der Waals surface area contributed by atoms with E-state index in [1.165, 1.54) is 0 Å². The molecule has 0 fully saturated rings. The lowest BCUT2D eigenvalue weighted by molar-refractivity contribution is -0.120. The topological polar surface area (TPSA) is 26.3 Å². The summed E-state index contributed by atoms with van der Waals surface area (Å²) >= 11 is 0. The van der Waals surface area contributed by atoms with E-state index in [-0.39, 0.29) is 0 Å². The van der Waals surface area contributed by atoms with E-state index in [2.05, 4.69) is 0 Å². The summed E-state index contributed by atoms with van der Waals surface area (Å²) in [6.07, 6.45) is 3.90. The molecule has 0 amide bonds. The van der Waals surface area contributed by atoms with Crippen molar-refractivity contribution < 1.29 is 9.53 Å². The summed E-state index contributed by atoms with van der Waals surface area (Å²) < 4.78 is 4.89. The molecule has 0 aliphatic carbocycles. The zero-order valence-electron chi connectivity index (χ0n) is 9.24. The number of rotatable bonds is 4. The van der Waals surface area contributed by atoms with E-state index in [1.807, 2.05) is 60.7 Å². The van der Waals surface area contributed by atoms with Gasteiger partial charge in [0.15, 0.2) is 0 Å². The van der Waals surface area contributed by atoms with Gasteiger partial charge in [0.1, 0.15) is 5.75 Å². The molecule has 0 atom stereocenters. The molecule has 0 radical (unpaired) electrons.